The molecule has 1 atom stereocenters. The third kappa shape index (κ3) is 2.09. The molecule has 7 heteroatoms. The van der Waals surface area contributed by atoms with Gasteiger partial charge in [-0.3, -0.25) is 0 Å². The van der Waals surface area contributed by atoms with E-state index in [0.29, 0.717) is 5.75 Å². The minimum Gasteiger partial charge on any atom is -0.497 e. The molecule has 0 saturated heterocycles. The van der Waals surface area contributed by atoms with Crippen LogP contribution >= 0.6 is 0 Å². The third-order valence-electron chi connectivity index (χ3n) is 3.12. The van der Waals surface area contributed by atoms with E-state index in [-0.39, 0.29) is 11.1 Å². The van der Waals surface area contributed by atoms with Crippen LogP contribution in [-0.4, -0.2) is 7.11 Å². The molecule has 2 N–H and O–H groups in total. The lowest BCUT2D eigenvalue weighted by Crippen LogP contribution is -2.24. The zero-order valence-electron chi connectivity index (χ0n) is 11.4. The lowest BCUT2D eigenvalue weighted by molar-refractivity contribution is -0.0702. The number of rotatable bonds is 2. The van der Waals surface area contributed by atoms with Gasteiger partial charge in [-0.15, -0.1) is 0 Å². The Morgan fingerprint density at radius 1 is 1.23 bits per heavy atom. The van der Waals surface area contributed by atoms with E-state index >= 15 is 4.39 Å². The number of allylic oxidation sites excluding steroid dienone is 1. The van der Waals surface area contributed by atoms with E-state index in [9.17, 15) is 0 Å². The zero-order chi connectivity index (χ0) is 16.3. The van der Waals surface area contributed by atoms with Gasteiger partial charge in [0.15, 0.2) is 0 Å². The van der Waals surface area contributed by atoms with Gasteiger partial charge < -0.3 is 15.2 Å². The van der Waals surface area contributed by atoms with Crippen molar-refractivity contribution in [3.63, 3.8) is 0 Å². The van der Waals surface area contributed by atoms with Crippen LogP contribution in [0.3, 0.4) is 0 Å². The lowest BCUT2D eigenvalue weighted by atomic mass is 9.91. The van der Waals surface area contributed by atoms with E-state index in [0.717, 1.165) is 0 Å². The van der Waals surface area contributed by atoms with Crippen molar-refractivity contribution in [1.82, 2.24) is 0 Å². The summed E-state index contributed by atoms with van der Waals surface area (Å²) >= 11 is 0. The number of nitrogens with zero attached hydrogens (tertiary/aromatic N) is 3. The van der Waals surface area contributed by atoms with Crippen molar-refractivity contribution >= 4 is 0 Å². The smallest absolute Gasteiger partial charge is 0.305 e. The van der Waals surface area contributed by atoms with Crippen molar-refractivity contribution < 1.29 is 13.9 Å². The molecule has 0 bridgehead atoms. The van der Waals surface area contributed by atoms with Crippen molar-refractivity contribution in [2.45, 2.75) is 5.85 Å². The van der Waals surface area contributed by atoms with Gasteiger partial charge in [0.05, 0.1) is 12.7 Å². The number of nitriles is 3. The number of nitrogens with two attached hydrogens (primary N) is 1. The quantitative estimate of drug-likeness (QED) is 0.833. The maximum Gasteiger partial charge on any atom is 0.305 e. The Hall–Kier alpha value is -3.50. The molecule has 6 nitrogen and oxygen atoms in total. The molecule has 0 spiro atoms. The molecule has 0 unspecified atom stereocenters. The standard InChI is InChI=1S/C15H9FN4O2/c1-21-11-4-2-10(3-5-11)15(16)13(9(6-17)7-18)12(8-19)14(20)22-15/h2-5H,20H2,1H3/t15-/m0/s1. The summed E-state index contributed by atoms with van der Waals surface area (Å²) in [6, 6.07) is 10.5. The van der Waals surface area contributed by atoms with E-state index in [1.807, 2.05) is 0 Å². The Morgan fingerprint density at radius 3 is 2.27 bits per heavy atom. The maximum atomic E-state index is 15.4. The van der Waals surface area contributed by atoms with Gasteiger partial charge in [0.2, 0.25) is 5.88 Å². The van der Waals surface area contributed by atoms with Crippen LogP contribution in [0.25, 0.3) is 0 Å². The fraction of sp³-hybridized carbons (Fsp3) is 0.133. The average molecular weight is 296 g/mol. The summed E-state index contributed by atoms with van der Waals surface area (Å²) in [5, 5.41) is 27.1. The fourth-order valence-corrected chi connectivity index (χ4v) is 2.08. The van der Waals surface area contributed by atoms with Crippen LogP contribution in [0.4, 0.5) is 4.39 Å². The highest BCUT2D eigenvalue weighted by molar-refractivity contribution is 5.61. The maximum absolute atomic E-state index is 15.4. The van der Waals surface area contributed by atoms with E-state index in [1.165, 1.54) is 31.4 Å². The summed E-state index contributed by atoms with van der Waals surface area (Å²) in [6.45, 7) is 0. The number of methoxy groups -OCH3 is 1. The second kappa shape index (κ2) is 5.47. The summed E-state index contributed by atoms with van der Waals surface area (Å²) in [7, 11) is 1.45. The molecule has 108 valence electrons. The summed E-state index contributed by atoms with van der Waals surface area (Å²) in [4.78, 5) is 0. The minimum absolute atomic E-state index is 0.0144. The Kier molecular flexibility index (Phi) is 3.71. The molecule has 0 aliphatic carbocycles. The van der Waals surface area contributed by atoms with Crippen molar-refractivity contribution in [1.29, 1.82) is 15.8 Å². The Morgan fingerprint density at radius 2 is 1.82 bits per heavy atom. The fourth-order valence-electron chi connectivity index (χ4n) is 2.08. The first-order chi connectivity index (χ1) is 10.5. The number of benzene rings is 1. The highest BCUT2D eigenvalue weighted by atomic mass is 19.2. The molecule has 1 aliphatic heterocycles. The molecule has 0 radical (unpaired) electrons. The van der Waals surface area contributed by atoms with Crippen molar-refractivity contribution in [2.75, 3.05) is 7.11 Å². The SMILES string of the molecule is COc1ccc([C@]2(F)OC(N)=C(C#N)C2=C(C#N)C#N)cc1. The van der Waals surface area contributed by atoms with Crippen molar-refractivity contribution in [2.24, 2.45) is 5.73 Å². The van der Waals surface area contributed by atoms with Crippen LogP contribution in [0.2, 0.25) is 0 Å². The van der Waals surface area contributed by atoms with Crippen molar-refractivity contribution in [3.8, 4) is 24.0 Å². The molecule has 0 saturated carbocycles. The van der Waals surface area contributed by atoms with Crippen LogP contribution < -0.4 is 10.5 Å². The molecule has 22 heavy (non-hydrogen) atoms. The van der Waals surface area contributed by atoms with E-state index < -0.39 is 22.9 Å². The van der Waals surface area contributed by atoms with E-state index in [2.05, 4.69) is 0 Å². The summed E-state index contributed by atoms with van der Waals surface area (Å²) in [5.74, 6) is -2.67. The largest absolute Gasteiger partial charge is 0.497 e. The molecule has 1 heterocycles. The zero-order valence-corrected chi connectivity index (χ0v) is 11.4. The molecule has 1 aromatic carbocycles. The Labute approximate surface area is 125 Å². The highest BCUT2D eigenvalue weighted by Crippen LogP contribution is 2.47. The van der Waals surface area contributed by atoms with Crippen LogP contribution in [0, 0.1) is 34.0 Å². The van der Waals surface area contributed by atoms with Gasteiger partial charge in [-0.25, -0.2) is 0 Å². The number of hydrogen-bond donors (Lipinski definition) is 1. The number of alkyl halides is 1. The normalized spacial score (nSPS) is 19.7. The Balaban J connectivity index is 2.69. The van der Waals surface area contributed by atoms with Crippen LogP contribution in [0.5, 0.6) is 5.75 Å². The topological polar surface area (TPSA) is 116 Å². The summed E-state index contributed by atoms with van der Waals surface area (Å²) in [5.41, 5.74) is 4.08. The van der Waals surface area contributed by atoms with Gasteiger partial charge in [-0.1, -0.05) is 0 Å². The molecule has 1 aromatic rings. The first-order valence-electron chi connectivity index (χ1n) is 5.99. The molecule has 0 aromatic heterocycles. The number of hydrogen-bond acceptors (Lipinski definition) is 6. The van der Waals surface area contributed by atoms with E-state index in [1.54, 1.807) is 18.2 Å². The monoisotopic (exact) mass is 296 g/mol. The molecule has 0 fully saturated rings. The summed E-state index contributed by atoms with van der Waals surface area (Å²) < 4.78 is 25.3. The van der Waals surface area contributed by atoms with Gasteiger partial charge in [0.1, 0.15) is 35.1 Å². The first-order valence-corrected chi connectivity index (χ1v) is 5.99. The predicted molar refractivity (Wildman–Crippen MR) is 71.9 cm³/mol. The lowest BCUT2D eigenvalue weighted by Gasteiger charge is -2.22. The van der Waals surface area contributed by atoms with Gasteiger partial charge in [0, 0.05) is 5.56 Å². The second-order valence-corrected chi connectivity index (χ2v) is 4.25. The third-order valence-corrected chi connectivity index (χ3v) is 3.12. The second-order valence-electron chi connectivity index (χ2n) is 4.25. The molecule has 1 aliphatic rings. The molecule has 0 amide bonds. The number of ether oxygens (including phenoxy) is 2. The van der Waals surface area contributed by atoms with Crippen LogP contribution in [0.15, 0.2) is 46.9 Å². The summed E-state index contributed by atoms with van der Waals surface area (Å²) in [6.07, 6.45) is 0. The van der Waals surface area contributed by atoms with Gasteiger partial charge in [0.25, 0.3) is 0 Å². The van der Waals surface area contributed by atoms with Gasteiger partial charge in [-0.2, -0.15) is 20.2 Å². The Bertz CT molecular complexity index is 790. The molecular formula is C15H9FN4O2. The molecule has 2 rings (SSSR count). The predicted octanol–water partition coefficient (Wildman–Crippen LogP) is 1.89. The first kappa shape index (κ1) is 14.9. The average Bonchev–Trinajstić information content (AvgIpc) is 2.80. The van der Waals surface area contributed by atoms with Crippen LogP contribution in [0.1, 0.15) is 5.56 Å². The molecular weight excluding hydrogens is 287 g/mol. The number of halogens is 1. The van der Waals surface area contributed by atoms with Gasteiger partial charge in [-0.05, 0) is 24.3 Å². The minimum atomic E-state index is -2.68. The van der Waals surface area contributed by atoms with E-state index in [4.69, 9.17) is 31.0 Å². The highest BCUT2D eigenvalue weighted by Gasteiger charge is 2.50. The van der Waals surface area contributed by atoms with Crippen LogP contribution in [-0.2, 0) is 10.6 Å². The van der Waals surface area contributed by atoms with Crippen molar-refractivity contribution in [3.05, 3.63) is 52.4 Å². The van der Waals surface area contributed by atoms with Gasteiger partial charge >= 0.3 is 5.85 Å².